The van der Waals surface area contributed by atoms with E-state index in [4.69, 9.17) is 9.84 Å². The topological polar surface area (TPSA) is 29.5 Å². The molecular formula is C12H13F3O2. The van der Waals surface area contributed by atoms with E-state index in [0.717, 1.165) is 6.08 Å². The van der Waals surface area contributed by atoms with Crippen LogP contribution in [0.4, 0.5) is 13.2 Å². The molecule has 0 heterocycles. The molecule has 1 rings (SSSR count). The summed E-state index contributed by atoms with van der Waals surface area (Å²) in [6.45, 7) is -0.948. The molecule has 0 aromatic heterocycles. The van der Waals surface area contributed by atoms with Crippen LogP contribution in [0, 0.1) is 5.92 Å². The van der Waals surface area contributed by atoms with Gasteiger partial charge in [-0.3, -0.25) is 0 Å². The minimum atomic E-state index is -4.42. The summed E-state index contributed by atoms with van der Waals surface area (Å²) in [6, 6.07) is 6.59. The van der Waals surface area contributed by atoms with Crippen molar-refractivity contribution in [2.24, 2.45) is 5.92 Å². The van der Waals surface area contributed by atoms with E-state index in [1.807, 2.05) is 0 Å². The third-order valence-corrected chi connectivity index (χ3v) is 2.25. The quantitative estimate of drug-likeness (QED) is 0.885. The van der Waals surface area contributed by atoms with Crippen LogP contribution in [0.2, 0.25) is 0 Å². The van der Waals surface area contributed by atoms with Gasteiger partial charge in [-0.05, 0) is 17.7 Å². The third kappa shape index (κ3) is 4.11. The van der Waals surface area contributed by atoms with E-state index in [0.29, 0.717) is 11.3 Å². The molecule has 0 amide bonds. The summed E-state index contributed by atoms with van der Waals surface area (Å²) in [4.78, 5) is 0. The first-order chi connectivity index (χ1) is 7.97. The summed E-state index contributed by atoms with van der Waals surface area (Å²) in [5.41, 5.74) is 0.619. The number of hydrogen-bond donors (Lipinski definition) is 1. The van der Waals surface area contributed by atoms with Gasteiger partial charge < -0.3 is 9.84 Å². The third-order valence-electron chi connectivity index (χ3n) is 2.25. The Balaban J connectivity index is 2.75. The highest BCUT2D eigenvalue weighted by atomic mass is 19.4. The molecule has 0 saturated carbocycles. The second-order valence-corrected chi connectivity index (χ2v) is 3.46. The van der Waals surface area contributed by atoms with Crippen molar-refractivity contribution in [3.05, 3.63) is 35.9 Å². The van der Waals surface area contributed by atoms with E-state index in [9.17, 15) is 13.2 Å². The molecule has 1 aromatic rings. The lowest BCUT2D eigenvalue weighted by Gasteiger charge is -2.13. The second kappa shape index (κ2) is 5.72. The van der Waals surface area contributed by atoms with Crippen molar-refractivity contribution in [2.75, 3.05) is 13.7 Å². The summed E-state index contributed by atoms with van der Waals surface area (Å²) >= 11 is 0. The molecule has 1 aromatic carbocycles. The normalized spacial score (nSPS) is 13.9. The largest absolute Gasteiger partial charge is 0.497 e. The van der Waals surface area contributed by atoms with Crippen LogP contribution in [0.15, 0.2) is 30.3 Å². The Hall–Kier alpha value is -1.49. The molecule has 0 aliphatic heterocycles. The highest BCUT2D eigenvalue weighted by Gasteiger charge is 2.36. The molecular weight excluding hydrogens is 233 g/mol. The number of benzene rings is 1. The van der Waals surface area contributed by atoms with E-state index in [1.54, 1.807) is 24.3 Å². The Kier molecular flexibility index (Phi) is 4.57. The van der Waals surface area contributed by atoms with E-state index in [-0.39, 0.29) is 0 Å². The van der Waals surface area contributed by atoms with Crippen LogP contribution in [0.25, 0.3) is 6.08 Å². The maximum atomic E-state index is 12.3. The predicted molar refractivity (Wildman–Crippen MR) is 58.7 cm³/mol. The number of halogens is 3. The highest BCUT2D eigenvalue weighted by Crippen LogP contribution is 2.27. The van der Waals surface area contributed by atoms with Crippen LogP contribution in [-0.2, 0) is 0 Å². The van der Waals surface area contributed by atoms with Gasteiger partial charge in [-0.25, -0.2) is 0 Å². The van der Waals surface area contributed by atoms with E-state index < -0.39 is 18.7 Å². The van der Waals surface area contributed by atoms with Gasteiger partial charge in [-0.1, -0.05) is 24.3 Å². The van der Waals surface area contributed by atoms with Crippen molar-refractivity contribution in [1.82, 2.24) is 0 Å². The standard InChI is InChI=1S/C12H13F3O2/c1-17-11-6-3-9(4-7-11)2-5-10(8-16)12(13,14)15/h2-7,10,16H,8H2,1H3/b5-2+. The van der Waals surface area contributed by atoms with Gasteiger partial charge in [-0.2, -0.15) is 13.2 Å². The monoisotopic (exact) mass is 246 g/mol. The van der Waals surface area contributed by atoms with Crippen molar-refractivity contribution in [3.8, 4) is 5.75 Å². The average Bonchev–Trinajstić information content (AvgIpc) is 2.29. The maximum absolute atomic E-state index is 12.3. The fraction of sp³-hybridized carbons (Fsp3) is 0.333. The van der Waals surface area contributed by atoms with Gasteiger partial charge in [0.05, 0.1) is 19.6 Å². The van der Waals surface area contributed by atoms with Crippen molar-refractivity contribution in [2.45, 2.75) is 6.18 Å². The van der Waals surface area contributed by atoms with Crippen LogP contribution >= 0.6 is 0 Å². The van der Waals surface area contributed by atoms with Gasteiger partial charge in [0, 0.05) is 0 Å². The number of hydrogen-bond acceptors (Lipinski definition) is 2. The fourth-order valence-corrected chi connectivity index (χ4v) is 1.22. The Morgan fingerprint density at radius 1 is 1.29 bits per heavy atom. The number of aliphatic hydroxyl groups is 1. The zero-order valence-electron chi connectivity index (χ0n) is 9.24. The molecule has 0 saturated heterocycles. The lowest BCUT2D eigenvalue weighted by atomic mass is 10.1. The zero-order valence-corrected chi connectivity index (χ0v) is 9.24. The van der Waals surface area contributed by atoms with Gasteiger partial charge in [0.25, 0.3) is 0 Å². The lowest BCUT2D eigenvalue weighted by Crippen LogP contribution is -2.24. The van der Waals surface area contributed by atoms with E-state index >= 15 is 0 Å². The first-order valence-corrected chi connectivity index (χ1v) is 4.97. The van der Waals surface area contributed by atoms with E-state index in [1.165, 1.54) is 13.2 Å². The van der Waals surface area contributed by atoms with Crippen molar-refractivity contribution >= 4 is 6.08 Å². The lowest BCUT2D eigenvalue weighted by molar-refractivity contribution is -0.169. The SMILES string of the molecule is COc1ccc(/C=C/C(CO)C(F)(F)F)cc1. The highest BCUT2D eigenvalue weighted by molar-refractivity contribution is 5.50. The van der Waals surface area contributed by atoms with Crippen molar-refractivity contribution < 1.29 is 23.0 Å². The molecule has 17 heavy (non-hydrogen) atoms. The van der Waals surface area contributed by atoms with Crippen LogP contribution < -0.4 is 4.74 Å². The second-order valence-electron chi connectivity index (χ2n) is 3.46. The first kappa shape index (κ1) is 13.6. The van der Waals surface area contributed by atoms with Gasteiger partial charge >= 0.3 is 6.18 Å². The molecule has 0 spiro atoms. The minimum Gasteiger partial charge on any atom is -0.497 e. The summed E-state index contributed by atoms with van der Waals surface area (Å²) in [5.74, 6) is -1.19. The first-order valence-electron chi connectivity index (χ1n) is 4.97. The van der Waals surface area contributed by atoms with E-state index in [2.05, 4.69) is 0 Å². The molecule has 0 aliphatic carbocycles. The number of alkyl halides is 3. The van der Waals surface area contributed by atoms with Crippen molar-refractivity contribution in [3.63, 3.8) is 0 Å². The molecule has 94 valence electrons. The molecule has 0 fully saturated rings. The van der Waals surface area contributed by atoms with Crippen LogP contribution in [0.5, 0.6) is 5.75 Å². The van der Waals surface area contributed by atoms with Gasteiger partial charge in [-0.15, -0.1) is 0 Å². The zero-order chi connectivity index (χ0) is 12.9. The average molecular weight is 246 g/mol. The van der Waals surface area contributed by atoms with Crippen LogP contribution in [0.1, 0.15) is 5.56 Å². The Morgan fingerprint density at radius 2 is 1.88 bits per heavy atom. The predicted octanol–water partition coefficient (Wildman–Crippen LogP) is 2.88. The van der Waals surface area contributed by atoms with Crippen LogP contribution in [-0.4, -0.2) is 25.0 Å². The fourth-order valence-electron chi connectivity index (χ4n) is 1.22. The number of methoxy groups -OCH3 is 1. The molecule has 0 radical (unpaired) electrons. The maximum Gasteiger partial charge on any atom is 0.397 e. The number of rotatable bonds is 4. The molecule has 1 unspecified atom stereocenters. The molecule has 0 bridgehead atoms. The van der Waals surface area contributed by atoms with Gasteiger partial charge in [0.15, 0.2) is 0 Å². The van der Waals surface area contributed by atoms with Gasteiger partial charge in [0.1, 0.15) is 5.75 Å². The molecule has 5 heteroatoms. The Labute approximate surface area is 97.3 Å². The number of aliphatic hydroxyl groups excluding tert-OH is 1. The molecule has 1 N–H and O–H groups in total. The Morgan fingerprint density at radius 3 is 2.29 bits per heavy atom. The van der Waals surface area contributed by atoms with Crippen LogP contribution in [0.3, 0.4) is 0 Å². The molecule has 2 nitrogen and oxygen atoms in total. The summed E-state index contributed by atoms with van der Waals surface area (Å²) < 4.78 is 41.9. The summed E-state index contributed by atoms with van der Waals surface area (Å²) in [5, 5.41) is 8.63. The molecule has 0 aliphatic rings. The smallest absolute Gasteiger partial charge is 0.397 e. The number of ether oxygens (including phenoxy) is 1. The Bertz CT molecular complexity index is 368. The molecule has 1 atom stereocenters. The van der Waals surface area contributed by atoms with Gasteiger partial charge in [0.2, 0.25) is 0 Å². The summed E-state index contributed by atoms with van der Waals surface area (Å²) in [6.07, 6.45) is -2.15. The summed E-state index contributed by atoms with van der Waals surface area (Å²) in [7, 11) is 1.51. The van der Waals surface area contributed by atoms with Crippen molar-refractivity contribution in [1.29, 1.82) is 0 Å². The minimum absolute atomic E-state index is 0.619.